The Labute approximate surface area is 211 Å². The van der Waals surface area contributed by atoms with Crippen LogP contribution < -0.4 is 0 Å². The third-order valence-corrected chi connectivity index (χ3v) is 16.3. The van der Waals surface area contributed by atoms with Gasteiger partial charge >= 0.3 is 17.1 Å². The summed E-state index contributed by atoms with van der Waals surface area (Å²) in [6.45, 7) is 17.9. The zero-order valence-electron chi connectivity index (χ0n) is 24.8. The fraction of sp³-hybridized carbons (Fsp3) is 1.00. The smallest absolute Gasteiger partial charge is 0.343 e. The fourth-order valence-corrected chi connectivity index (χ4v) is 11.2. The van der Waals surface area contributed by atoms with Gasteiger partial charge in [-0.05, 0) is 12.1 Å². The van der Waals surface area contributed by atoms with Crippen LogP contribution in [0.4, 0.5) is 0 Å². The maximum absolute atomic E-state index is 5.80. The van der Waals surface area contributed by atoms with Crippen LogP contribution in [-0.2, 0) is 17.7 Å². The molecule has 0 N–H and O–H groups in total. The van der Waals surface area contributed by atoms with Crippen molar-refractivity contribution in [2.45, 2.75) is 148 Å². The average molecular weight is 507 g/mol. The summed E-state index contributed by atoms with van der Waals surface area (Å²) in [4.78, 5) is 0. The molecule has 4 nitrogen and oxygen atoms in total. The van der Waals surface area contributed by atoms with Crippen molar-refractivity contribution >= 4 is 17.1 Å². The van der Waals surface area contributed by atoms with Gasteiger partial charge in [0.1, 0.15) is 0 Å². The molecular weight excluding hydrogens is 444 g/mol. The normalized spacial score (nSPS) is 13.1. The van der Waals surface area contributed by atoms with Crippen LogP contribution in [0.1, 0.15) is 126 Å². The van der Waals surface area contributed by atoms with Gasteiger partial charge in [0, 0.05) is 38.5 Å². The Morgan fingerprint density at radius 1 is 0.424 bits per heavy atom. The van der Waals surface area contributed by atoms with E-state index in [1.807, 2.05) is 28.4 Å². The van der Waals surface area contributed by atoms with Gasteiger partial charge in [0.05, 0.1) is 0 Å². The zero-order chi connectivity index (χ0) is 26.0. The predicted octanol–water partition coefficient (Wildman–Crippen LogP) is 9.37. The molecule has 0 fully saturated rings. The van der Waals surface area contributed by atoms with E-state index < -0.39 is 17.1 Å². The first-order valence-electron chi connectivity index (χ1n) is 13.6. The van der Waals surface area contributed by atoms with Gasteiger partial charge < -0.3 is 17.7 Å². The van der Waals surface area contributed by atoms with Crippen molar-refractivity contribution in [1.82, 2.24) is 0 Å². The minimum atomic E-state index is -2.01. The predicted molar refractivity (Wildman–Crippen MR) is 151 cm³/mol. The summed E-state index contributed by atoms with van der Waals surface area (Å²) in [6.07, 6.45) is 14.5. The molecule has 0 aliphatic rings. The second kappa shape index (κ2) is 18.5. The summed E-state index contributed by atoms with van der Waals surface area (Å²) in [6, 6.07) is 2.24. The Balaban J connectivity index is 0. The zero-order valence-corrected chi connectivity index (χ0v) is 26.8. The van der Waals surface area contributed by atoms with Crippen LogP contribution in [0, 0.1) is 0 Å². The molecule has 0 aromatic heterocycles. The highest BCUT2D eigenvalue weighted by Gasteiger charge is 2.47. The molecule has 0 saturated carbocycles. The largest absolute Gasteiger partial charge is 0.397 e. The first-order valence-corrected chi connectivity index (χ1v) is 17.6. The monoisotopic (exact) mass is 506 g/mol. The van der Waals surface area contributed by atoms with Crippen LogP contribution in [0.15, 0.2) is 0 Å². The van der Waals surface area contributed by atoms with Crippen LogP contribution in [0.2, 0.25) is 22.2 Å². The Kier molecular flexibility index (Phi) is 19.9. The molecule has 0 unspecified atom stereocenters. The van der Waals surface area contributed by atoms with Crippen LogP contribution >= 0.6 is 0 Å². The van der Waals surface area contributed by atoms with Crippen molar-refractivity contribution in [3.8, 4) is 0 Å². The molecule has 0 atom stereocenters. The van der Waals surface area contributed by atoms with Crippen molar-refractivity contribution in [2.24, 2.45) is 0 Å². The lowest BCUT2D eigenvalue weighted by molar-refractivity contribution is 0.212. The van der Waals surface area contributed by atoms with Crippen LogP contribution in [0.3, 0.4) is 0 Å². The topological polar surface area (TPSA) is 36.9 Å². The molecule has 0 bridgehead atoms. The molecule has 0 amide bonds. The van der Waals surface area contributed by atoms with Crippen LogP contribution in [-0.4, -0.2) is 45.6 Å². The molecule has 202 valence electrons. The molecular formula is C27H62O4Si2. The van der Waals surface area contributed by atoms with E-state index in [4.69, 9.17) is 17.7 Å². The molecule has 0 spiro atoms. The maximum atomic E-state index is 5.80. The quantitative estimate of drug-likeness (QED) is 0.145. The minimum Gasteiger partial charge on any atom is -0.397 e. The van der Waals surface area contributed by atoms with E-state index in [1.54, 1.807) is 0 Å². The number of hydrogen-bond donors (Lipinski definition) is 0. The molecule has 0 aliphatic carbocycles. The SMILES string of the molecule is CCCCCCCC[Si](OC)(OC)C(C)(C)C.CCCCCCC[Si](OC)(OC)C(C)(C)C. The highest BCUT2D eigenvalue weighted by molar-refractivity contribution is 6.70. The van der Waals surface area contributed by atoms with Gasteiger partial charge in [-0.25, -0.2) is 0 Å². The lowest BCUT2D eigenvalue weighted by atomic mass is 10.1. The second-order valence-corrected chi connectivity index (χ2v) is 20.1. The van der Waals surface area contributed by atoms with Gasteiger partial charge in [0.25, 0.3) is 0 Å². The van der Waals surface area contributed by atoms with Crippen molar-refractivity contribution in [3.05, 3.63) is 0 Å². The Morgan fingerprint density at radius 2 is 0.667 bits per heavy atom. The van der Waals surface area contributed by atoms with Crippen molar-refractivity contribution in [1.29, 1.82) is 0 Å². The third kappa shape index (κ3) is 13.2. The van der Waals surface area contributed by atoms with Crippen molar-refractivity contribution in [2.75, 3.05) is 28.4 Å². The van der Waals surface area contributed by atoms with E-state index in [1.165, 1.54) is 70.6 Å². The molecule has 0 radical (unpaired) electrons. The highest BCUT2D eigenvalue weighted by Crippen LogP contribution is 2.41. The molecule has 0 aliphatic heterocycles. The van der Waals surface area contributed by atoms with E-state index in [9.17, 15) is 0 Å². The van der Waals surface area contributed by atoms with Crippen LogP contribution in [0.5, 0.6) is 0 Å². The molecule has 0 heterocycles. The lowest BCUT2D eigenvalue weighted by Gasteiger charge is -2.38. The minimum absolute atomic E-state index is 0.153. The van der Waals surface area contributed by atoms with E-state index >= 15 is 0 Å². The first kappa shape index (κ1) is 35.4. The highest BCUT2D eigenvalue weighted by atomic mass is 28.4. The van der Waals surface area contributed by atoms with E-state index in [2.05, 4.69) is 55.4 Å². The van der Waals surface area contributed by atoms with Crippen LogP contribution in [0.25, 0.3) is 0 Å². The Hall–Kier alpha value is 0.274. The van der Waals surface area contributed by atoms with Gasteiger partial charge in [0.15, 0.2) is 0 Å². The summed E-state index contributed by atoms with van der Waals surface area (Å²) >= 11 is 0. The van der Waals surface area contributed by atoms with Gasteiger partial charge in [0.2, 0.25) is 0 Å². The number of rotatable bonds is 17. The molecule has 6 heteroatoms. The maximum Gasteiger partial charge on any atom is 0.343 e. The van der Waals surface area contributed by atoms with Gasteiger partial charge in [-0.1, -0.05) is 126 Å². The average Bonchev–Trinajstić information content (AvgIpc) is 2.75. The summed E-state index contributed by atoms with van der Waals surface area (Å²) in [5.41, 5.74) is 0. The second-order valence-electron chi connectivity index (χ2n) is 11.5. The molecule has 0 aromatic carbocycles. The Morgan fingerprint density at radius 3 is 0.879 bits per heavy atom. The fourth-order valence-electron chi connectivity index (χ4n) is 4.65. The standard InChI is InChI=1S/C14H32O2Si.C13H30O2Si/c1-7-8-9-10-11-12-13-17(15-5,16-6)14(2,3)4;1-7-8-9-10-11-12-16(14-5,15-6)13(2,3)4/h7-13H2,1-6H3;7-12H2,1-6H3. The van der Waals surface area contributed by atoms with E-state index in [-0.39, 0.29) is 10.1 Å². The lowest BCUT2D eigenvalue weighted by Crippen LogP contribution is -2.48. The van der Waals surface area contributed by atoms with E-state index in [0.717, 1.165) is 12.1 Å². The molecule has 0 saturated heterocycles. The number of hydrogen-bond acceptors (Lipinski definition) is 4. The summed E-state index contributed by atoms with van der Waals surface area (Å²) < 4.78 is 23.1. The van der Waals surface area contributed by atoms with Gasteiger partial charge in [-0.2, -0.15) is 0 Å². The Bertz CT molecular complexity index is 436. The molecule has 33 heavy (non-hydrogen) atoms. The molecule has 0 rings (SSSR count). The van der Waals surface area contributed by atoms with Crippen molar-refractivity contribution in [3.63, 3.8) is 0 Å². The van der Waals surface area contributed by atoms with Gasteiger partial charge in [-0.15, -0.1) is 0 Å². The first-order chi connectivity index (χ1) is 15.4. The summed E-state index contributed by atoms with van der Waals surface area (Å²) in [5.74, 6) is 0. The van der Waals surface area contributed by atoms with Gasteiger partial charge in [-0.3, -0.25) is 0 Å². The molecule has 0 aromatic rings. The third-order valence-electron chi connectivity index (χ3n) is 7.07. The summed E-state index contributed by atoms with van der Waals surface area (Å²) in [5, 5.41) is 0.307. The number of unbranched alkanes of at least 4 members (excludes halogenated alkanes) is 9. The van der Waals surface area contributed by atoms with E-state index in [0.29, 0.717) is 0 Å². The van der Waals surface area contributed by atoms with Crippen molar-refractivity contribution < 1.29 is 17.7 Å². The summed E-state index contributed by atoms with van der Waals surface area (Å²) in [7, 11) is 3.24.